The van der Waals surface area contributed by atoms with Crippen molar-refractivity contribution in [3.63, 3.8) is 0 Å². The van der Waals surface area contributed by atoms with Gasteiger partial charge in [0.05, 0.1) is 36.0 Å². The fourth-order valence-corrected chi connectivity index (χ4v) is 5.30. The molecule has 0 aliphatic carbocycles. The van der Waals surface area contributed by atoms with Gasteiger partial charge in [0.1, 0.15) is 11.5 Å². The lowest BCUT2D eigenvalue weighted by Crippen LogP contribution is -2.00. The molecule has 0 atom stereocenters. The van der Waals surface area contributed by atoms with Crippen molar-refractivity contribution in [2.24, 2.45) is 0 Å². The van der Waals surface area contributed by atoms with Crippen LogP contribution in [0.25, 0.3) is 57.6 Å². The number of aromatic nitrogens is 3. The quantitative estimate of drug-likeness (QED) is 0.121. The van der Waals surface area contributed by atoms with Crippen LogP contribution in [0.4, 0.5) is 5.69 Å². The molecule has 5 N–H and O–H groups in total. The third-order valence-electron chi connectivity index (χ3n) is 7.45. The summed E-state index contributed by atoms with van der Waals surface area (Å²) in [5, 5.41) is 18.3. The van der Waals surface area contributed by atoms with Crippen molar-refractivity contribution in [2.75, 3.05) is 32.2 Å². The molecule has 4 aromatic rings. The van der Waals surface area contributed by atoms with Gasteiger partial charge in [-0.05, 0) is 90.0 Å². The molecule has 0 unspecified atom stereocenters. The van der Waals surface area contributed by atoms with Crippen LogP contribution in [-0.2, 0) is 0 Å². The first-order chi connectivity index (χ1) is 22.6. The van der Waals surface area contributed by atoms with E-state index in [1.807, 2.05) is 115 Å². The number of aliphatic hydroxyl groups excluding tert-OH is 2. The molecule has 8 nitrogen and oxygen atoms in total. The van der Waals surface area contributed by atoms with E-state index in [1.165, 1.54) is 0 Å². The fourth-order valence-electron chi connectivity index (χ4n) is 5.30. The molecular weight excluding hydrogens is 576 g/mol. The lowest BCUT2D eigenvalue weighted by molar-refractivity contribution is 0.233. The highest BCUT2D eigenvalue weighted by molar-refractivity contribution is 5.91. The van der Waals surface area contributed by atoms with E-state index >= 15 is 0 Å². The van der Waals surface area contributed by atoms with E-state index in [0.717, 1.165) is 61.8 Å². The zero-order chi connectivity index (χ0) is 31.7. The first-order valence-electron chi connectivity index (χ1n) is 15.3. The number of hydrogen-bond donors (Lipinski definition) is 4. The predicted octanol–water partition coefficient (Wildman–Crippen LogP) is 7.18. The standard InChI is InChI=1S/C38H36N4O4/c39-33-12-2-1-9-28-13-16-35(40-28)38(27-8-4-11-32(24-27)46-22-6-20-44)36-18-15-30(42-36)25-29-14-17-34(41-29)37(33)26-7-3-10-31(23-26)45-21-5-19-43/h1-4,7-18,23-25,42-44H,5-6,19-22,39H2. The molecular formula is C38H36N4O4. The summed E-state index contributed by atoms with van der Waals surface area (Å²) in [5.74, 6) is 1.43. The van der Waals surface area contributed by atoms with Crippen LogP contribution in [0.5, 0.6) is 11.5 Å². The van der Waals surface area contributed by atoms with Crippen molar-refractivity contribution < 1.29 is 19.7 Å². The Labute approximate surface area is 267 Å². The summed E-state index contributed by atoms with van der Waals surface area (Å²) in [7, 11) is 0. The molecule has 8 heteroatoms. The molecule has 232 valence electrons. The average molecular weight is 613 g/mol. The Bertz CT molecular complexity index is 1960. The molecule has 4 heterocycles. The predicted molar refractivity (Wildman–Crippen MR) is 185 cm³/mol. The average Bonchev–Trinajstić information content (AvgIpc) is 3.83. The van der Waals surface area contributed by atoms with E-state index < -0.39 is 0 Å². The third kappa shape index (κ3) is 7.26. The van der Waals surface area contributed by atoms with Crippen molar-refractivity contribution in [2.45, 2.75) is 12.8 Å². The number of nitrogens with zero attached hydrogens (tertiary/aromatic N) is 2. The molecule has 0 saturated carbocycles. The van der Waals surface area contributed by atoms with Gasteiger partial charge in [0.25, 0.3) is 0 Å². The summed E-state index contributed by atoms with van der Waals surface area (Å²) in [4.78, 5) is 13.4. The highest BCUT2D eigenvalue weighted by atomic mass is 16.5. The van der Waals surface area contributed by atoms with Crippen molar-refractivity contribution in [1.82, 2.24) is 15.0 Å². The van der Waals surface area contributed by atoms with Gasteiger partial charge in [-0.25, -0.2) is 9.97 Å². The van der Waals surface area contributed by atoms with Gasteiger partial charge in [-0.2, -0.15) is 0 Å². The maximum atomic E-state index is 9.17. The molecule has 2 aliphatic heterocycles. The summed E-state index contributed by atoms with van der Waals surface area (Å²) < 4.78 is 11.7. The normalized spacial score (nSPS) is 11.7. The van der Waals surface area contributed by atoms with Crippen LogP contribution in [-0.4, -0.2) is 51.6 Å². The van der Waals surface area contributed by atoms with E-state index in [2.05, 4.69) is 4.98 Å². The minimum absolute atomic E-state index is 0.0737. The topological polar surface area (TPSA) is 127 Å². The molecule has 0 spiro atoms. The number of nitrogens with two attached hydrogens (primary N) is 1. The van der Waals surface area contributed by atoms with E-state index in [1.54, 1.807) is 0 Å². The number of ether oxygens (including phenoxy) is 2. The third-order valence-corrected chi connectivity index (χ3v) is 7.45. The van der Waals surface area contributed by atoms with Crippen molar-refractivity contribution >= 4 is 41.0 Å². The molecule has 0 radical (unpaired) electrons. The van der Waals surface area contributed by atoms with Gasteiger partial charge in [-0.15, -0.1) is 0 Å². The zero-order valence-corrected chi connectivity index (χ0v) is 25.4. The summed E-state index contributed by atoms with van der Waals surface area (Å²) in [5.41, 5.74) is 15.8. The fraction of sp³-hybridized carbons (Fsp3) is 0.158. The second-order valence-electron chi connectivity index (χ2n) is 10.8. The number of rotatable bonds is 10. The van der Waals surface area contributed by atoms with Gasteiger partial charge >= 0.3 is 0 Å². The number of nitrogen functional groups attached to an aromatic ring is 1. The van der Waals surface area contributed by atoms with Gasteiger partial charge in [-0.3, -0.25) is 0 Å². The molecule has 6 rings (SSSR count). The van der Waals surface area contributed by atoms with Gasteiger partial charge in [0.15, 0.2) is 0 Å². The second-order valence-corrected chi connectivity index (χ2v) is 10.8. The smallest absolute Gasteiger partial charge is 0.119 e. The number of aliphatic hydroxyl groups is 2. The summed E-state index contributed by atoms with van der Waals surface area (Å²) in [6, 6.07) is 29.4. The van der Waals surface area contributed by atoms with E-state index in [-0.39, 0.29) is 13.2 Å². The van der Waals surface area contributed by atoms with Crippen LogP contribution >= 0.6 is 0 Å². The number of nitrogens with one attached hydrogen (secondary N) is 1. The van der Waals surface area contributed by atoms with Crippen LogP contribution in [0.15, 0.2) is 91.0 Å². The minimum Gasteiger partial charge on any atom is -0.493 e. The highest BCUT2D eigenvalue weighted by Crippen LogP contribution is 2.34. The first-order valence-corrected chi connectivity index (χ1v) is 15.3. The summed E-state index contributed by atoms with van der Waals surface area (Å²) in [6.07, 6.45) is 9.07. The number of aromatic amines is 1. The molecule has 2 aliphatic rings. The Morgan fingerprint density at radius 1 is 0.609 bits per heavy atom. The first kappa shape index (κ1) is 30.6. The molecule has 0 saturated heterocycles. The monoisotopic (exact) mass is 612 g/mol. The number of H-pyrrole nitrogens is 1. The number of anilines is 1. The van der Waals surface area contributed by atoms with Crippen LogP contribution in [0.3, 0.4) is 0 Å². The molecule has 6 bridgehead atoms. The van der Waals surface area contributed by atoms with E-state index in [0.29, 0.717) is 37.5 Å². The minimum atomic E-state index is 0.0737. The maximum absolute atomic E-state index is 9.17. The molecule has 0 fully saturated rings. The Morgan fingerprint density at radius 3 is 1.91 bits per heavy atom. The van der Waals surface area contributed by atoms with Gasteiger partial charge in [0.2, 0.25) is 0 Å². The summed E-state index contributed by atoms with van der Waals surface area (Å²) in [6.45, 7) is 1.02. The van der Waals surface area contributed by atoms with Crippen molar-refractivity contribution in [3.05, 3.63) is 114 Å². The van der Waals surface area contributed by atoms with Crippen LogP contribution in [0, 0.1) is 0 Å². The van der Waals surface area contributed by atoms with Crippen LogP contribution in [0.2, 0.25) is 0 Å². The Morgan fingerprint density at radius 2 is 1.22 bits per heavy atom. The van der Waals surface area contributed by atoms with Crippen molar-refractivity contribution in [3.8, 4) is 33.8 Å². The van der Waals surface area contributed by atoms with E-state index in [4.69, 9.17) is 35.4 Å². The number of fused-ring (bicyclic) bond motifs is 6. The van der Waals surface area contributed by atoms with Crippen molar-refractivity contribution in [1.29, 1.82) is 0 Å². The zero-order valence-electron chi connectivity index (χ0n) is 25.4. The van der Waals surface area contributed by atoms with Crippen LogP contribution < -0.4 is 15.2 Å². The lowest BCUT2D eigenvalue weighted by Gasteiger charge is -2.09. The maximum Gasteiger partial charge on any atom is 0.119 e. The van der Waals surface area contributed by atoms with Gasteiger partial charge < -0.3 is 30.4 Å². The Kier molecular flexibility index (Phi) is 9.68. The largest absolute Gasteiger partial charge is 0.493 e. The van der Waals surface area contributed by atoms with E-state index in [9.17, 15) is 0 Å². The second kappa shape index (κ2) is 14.6. The Balaban J connectivity index is 1.51. The Hall–Kier alpha value is -5.44. The number of benzene rings is 2. The molecule has 46 heavy (non-hydrogen) atoms. The lowest BCUT2D eigenvalue weighted by atomic mass is 10.0. The molecule has 2 aromatic heterocycles. The SMILES string of the molecule is Nc1ccccc2nc(c(-c3cccc(OCCCO)c3)c3ccc(cc4nc(c1-c1cccc(OCCCO)c1)C=C4)[nH]3)C=C2. The molecule has 2 aromatic carbocycles. The number of hydrogen-bond acceptors (Lipinski definition) is 7. The summed E-state index contributed by atoms with van der Waals surface area (Å²) >= 11 is 0. The molecule has 0 amide bonds. The van der Waals surface area contributed by atoms with Gasteiger partial charge in [-0.1, -0.05) is 36.4 Å². The highest BCUT2D eigenvalue weighted by Gasteiger charge is 2.13. The van der Waals surface area contributed by atoms with Crippen LogP contribution in [0.1, 0.15) is 35.6 Å². The van der Waals surface area contributed by atoms with Gasteiger partial charge in [0, 0.05) is 53.9 Å².